The molecule has 0 radical (unpaired) electrons. The second kappa shape index (κ2) is 8.39. The number of rotatable bonds is 5. The molecule has 0 bridgehead atoms. The molecule has 1 saturated heterocycles. The quantitative estimate of drug-likeness (QED) is 0.645. The van der Waals surface area contributed by atoms with E-state index in [2.05, 4.69) is 15.1 Å². The third kappa shape index (κ3) is 4.59. The van der Waals surface area contributed by atoms with Crippen LogP contribution >= 0.6 is 0 Å². The van der Waals surface area contributed by atoms with Crippen LogP contribution in [-0.4, -0.2) is 55.1 Å². The van der Waals surface area contributed by atoms with Crippen LogP contribution in [0.4, 0.5) is 0 Å². The summed E-state index contributed by atoms with van der Waals surface area (Å²) in [5.41, 5.74) is -0.826. The zero-order valence-electron chi connectivity index (χ0n) is 16.1. The van der Waals surface area contributed by atoms with Crippen molar-refractivity contribution in [3.63, 3.8) is 0 Å². The van der Waals surface area contributed by atoms with Gasteiger partial charge in [0.2, 0.25) is 0 Å². The Kier molecular flexibility index (Phi) is 5.92. The molecule has 29 heavy (non-hydrogen) atoms. The lowest BCUT2D eigenvalue weighted by Gasteiger charge is -2.41. The normalized spacial score (nSPS) is 24.1. The van der Waals surface area contributed by atoms with Gasteiger partial charge in [-0.05, 0) is 6.92 Å². The van der Waals surface area contributed by atoms with E-state index in [4.69, 9.17) is 14.2 Å². The molecule has 1 N–H and O–H groups in total. The van der Waals surface area contributed by atoms with Gasteiger partial charge in [-0.15, -0.1) is 0 Å². The molecule has 0 aromatic carbocycles. The number of aryl methyl sites for hydroxylation is 1. The highest BCUT2D eigenvalue weighted by molar-refractivity contribution is 5.66. The van der Waals surface area contributed by atoms with Gasteiger partial charge in [0.25, 0.3) is 5.56 Å². The number of aromatic amines is 1. The zero-order valence-corrected chi connectivity index (χ0v) is 16.1. The SMILES string of the molecule is CC(=O)OC[C@H]1O[C@@H](n2cc(C)c(=O)[nH]c2=O)C[C@H](n2cncn2)[C@@H]1OC(C)=O. The summed E-state index contributed by atoms with van der Waals surface area (Å²) in [6.07, 6.45) is 1.79. The molecule has 2 aromatic rings. The number of nitrogens with zero attached hydrogens (tertiary/aromatic N) is 4. The van der Waals surface area contributed by atoms with E-state index in [1.807, 2.05) is 0 Å². The van der Waals surface area contributed by atoms with E-state index in [1.54, 1.807) is 6.92 Å². The van der Waals surface area contributed by atoms with Crippen molar-refractivity contribution in [1.82, 2.24) is 24.3 Å². The van der Waals surface area contributed by atoms with Crippen LogP contribution < -0.4 is 11.2 Å². The largest absolute Gasteiger partial charge is 0.463 e. The number of nitrogens with one attached hydrogen (secondary N) is 1. The van der Waals surface area contributed by atoms with Gasteiger partial charge in [0.05, 0.1) is 6.04 Å². The predicted octanol–water partition coefficient (Wildman–Crippen LogP) is -0.540. The fourth-order valence-electron chi connectivity index (χ4n) is 3.23. The van der Waals surface area contributed by atoms with E-state index < -0.39 is 47.7 Å². The first-order valence-electron chi connectivity index (χ1n) is 8.88. The molecule has 0 saturated carbocycles. The van der Waals surface area contributed by atoms with Crippen LogP contribution in [0.2, 0.25) is 0 Å². The summed E-state index contributed by atoms with van der Waals surface area (Å²) in [4.78, 5) is 53.2. The molecule has 12 heteroatoms. The number of hydrogen-bond acceptors (Lipinski definition) is 9. The van der Waals surface area contributed by atoms with Crippen molar-refractivity contribution in [2.45, 2.75) is 51.7 Å². The van der Waals surface area contributed by atoms with Crippen LogP contribution in [0.25, 0.3) is 0 Å². The number of hydrogen-bond donors (Lipinski definition) is 1. The van der Waals surface area contributed by atoms with E-state index in [0.717, 1.165) is 0 Å². The summed E-state index contributed by atoms with van der Waals surface area (Å²) in [7, 11) is 0. The topological polar surface area (TPSA) is 147 Å². The van der Waals surface area contributed by atoms with Gasteiger partial charge < -0.3 is 14.2 Å². The molecule has 0 aliphatic carbocycles. The molecule has 4 atom stereocenters. The molecule has 1 fully saturated rings. The predicted molar refractivity (Wildman–Crippen MR) is 95.8 cm³/mol. The van der Waals surface area contributed by atoms with Gasteiger partial charge in [-0.2, -0.15) is 5.10 Å². The first kappa shape index (κ1) is 20.5. The third-order valence-corrected chi connectivity index (χ3v) is 4.51. The van der Waals surface area contributed by atoms with Crippen LogP contribution in [0.5, 0.6) is 0 Å². The molecule has 12 nitrogen and oxygen atoms in total. The van der Waals surface area contributed by atoms with Gasteiger partial charge in [0.15, 0.2) is 6.10 Å². The Hall–Kier alpha value is -3.28. The second-order valence-electron chi connectivity index (χ2n) is 6.66. The van der Waals surface area contributed by atoms with Crippen molar-refractivity contribution in [2.24, 2.45) is 0 Å². The van der Waals surface area contributed by atoms with E-state index >= 15 is 0 Å². The Bertz CT molecular complexity index is 996. The Labute approximate surface area is 164 Å². The Morgan fingerprint density at radius 3 is 2.69 bits per heavy atom. The first-order valence-corrected chi connectivity index (χ1v) is 8.88. The van der Waals surface area contributed by atoms with Crippen molar-refractivity contribution >= 4 is 11.9 Å². The molecule has 3 heterocycles. The lowest BCUT2D eigenvalue weighted by Crippen LogP contribution is -2.50. The molecular weight excluding hydrogens is 386 g/mol. The van der Waals surface area contributed by atoms with Crippen molar-refractivity contribution in [3.05, 3.63) is 45.3 Å². The summed E-state index contributed by atoms with van der Waals surface area (Å²) in [5, 5.41) is 4.12. The highest BCUT2D eigenvalue weighted by Crippen LogP contribution is 2.36. The van der Waals surface area contributed by atoms with Gasteiger partial charge in [-0.3, -0.25) is 23.9 Å². The van der Waals surface area contributed by atoms with Crippen molar-refractivity contribution in [1.29, 1.82) is 0 Å². The number of carbonyl (C=O) groups excluding carboxylic acids is 2. The number of esters is 2. The average molecular weight is 407 g/mol. The molecule has 0 spiro atoms. The molecular formula is C17H21N5O7. The van der Waals surface area contributed by atoms with Crippen LogP contribution in [0.15, 0.2) is 28.4 Å². The molecule has 3 rings (SSSR count). The third-order valence-electron chi connectivity index (χ3n) is 4.51. The molecule has 156 valence electrons. The minimum Gasteiger partial charge on any atom is -0.463 e. The van der Waals surface area contributed by atoms with Crippen molar-refractivity contribution in [2.75, 3.05) is 6.61 Å². The highest BCUT2D eigenvalue weighted by Gasteiger charge is 2.44. The molecule has 1 aliphatic heterocycles. The van der Waals surface area contributed by atoms with Crippen molar-refractivity contribution < 1.29 is 23.8 Å². The van der Waals surface area contributed by atoms with Gasteiger partial charge >= 0.3 is 17.6 Å². The van der Waals surface area contributed by atoms with Gasteiger partial charge in [-0.25, -0.2) is 14.5 Å². The van der Waals surface area contributed by atoms with E-state index in [-0.39, 0.29) is 13.0 Å². The minimum absolute atomic E-state index is 0.184. The molecule has 0 amide bonds. The number of aromatic nitrogens is 5. The number of ether oxygens (including phenoxy) is 3. The zero-order chi connectivity index (χ0) is 21.1. The van der Waals surface area contributed by atoms with Gasteiger partial charge in [0.1, 0.15) is 31.6 Å². The summed E-state index contributed by atoms with van der Waals surface area (Å²) < 4.78 is 19.2. The fourth-order valence-corrected chi connectivity index (χ4v) is 3.23. The monoisotopic (exact) mass is 407 g/mol. The second-order valence-corrected chi connectivity index (χ2v) is 6.66. The highest BCUT2D eigenvalue weighted by atomic mass is 16.6. The number of carbonyl (C=O) groups is 2. The van der Waals surface area contributed by atoms with Gasteiger partial charge in [0, 0.05) is 32.0 Å². The lowest BCUT2D eigenvalue weighted by molar-refractivity contribution is -0.205. The first-order chi connectivity index (χ1) is 13.8. The fraction of sp³-hybridized carbons (Fsp3) is 0.529. The van der Waals surface area contributed by atoms with Crippen molar-refractivity contribution in [3.8, 4) is 0 Å². The van der Waals surface area contributed by atoms with E-state index in [0.29, 0.717) is 5.56 Å². The maximum Gasteiger partial charge on any atom is 0.330 e. The summed E-state index contributed by atoms with van der Waals surface area (Å²) in [6.45, 7) is 3.85. The summed E-state index contributed by atoms with van der Waals surface area (Å²) >= 11 is 0. The Morgan fingerprint density at radius 2 is 2.07 bits per heavy atom. The molecule has 1 aliphatic rings. The minimum atomic E-state index is -0.880. The summed E-state index contributed by atoms with van der Waals surface area (Å²) in [5.74, 6) is -1.08. The smallest absolute Gasteiger partial charge is 0.330 e. The summed E-state index contributed by atoms with van der Waals surface area (Å²) in [6, 6.07) is -0.556. The van der Waals surface area contributed by atoms with Crippen LogP contribution in [0.3, 0.4) is 0 Å². The van der Waals surface area contributed by atoms with E-state index in [9.17, 15) is 19.2 Å². The standard InChI is InChI=1S/C17H21N5O7/c1-9-5-21(17(26)20-16(9)25)14-4-12(22-8-18-7-19-22)15(28-11(3)24)13(29-14)6-27-10(2)23/h5,7-8,12-15H,4,6H2,1-3H3,(H,20,25,26)/t12-,13+,14+,15-/m0/s1. The Balaban J connectivity index is 2.01. The Morgan fingerprint density at radius 1 is 1.31 bits per heavy atom. The average Bonchev–Trinajstić information content (AvgIpc) is 3.17. The number of H-pyrrole nitrogens is 1. The molecule has 2 aromatic heterocycles. The molecule has 0 unspecified atom stereocenters. The lowest BCUT2D eigenvalue weighted by atomic mass is 9.97. The van der Waals surface area contributed by atoms with Crippen LogP contribution in [0.1, 0.15) is 38.1 Å². The van der Waals surface area contributed by atoms with Crippen LogP contribution in [-0.2, 0) is 23.8 Å². The van der Waals surface area contributed by atoms with Gasteiger partial charge in [-0.1, -0.05) is 0 Å². The van der Waals surface area contributed by atoms with E-state index in [1.165, 1.54) is 41.9 Å². The van der Waals surface area contributed by atoms with Crippen LogP contribution in [0, 0.1) is 6.92 Å². The maximum absolute atomic E-state index is 12.3. The maximum atomic E-state index is 12.3.